The topological polar surface area (TPSA) is 70.9 Å². The van der Waals surface area contributed by atoms with Gasteiger partial charge >= 0.3 is 6.09 Å². The fourth-order valence-corrected chi connectivity index (χ4v) is 2.32. The molecule has 0 aliphatic carbocycles. The third-order valence-corrected chi connectivity index (χ3v) is 3.51. The lowest BCUT2D eigenvalue weighted by molar-refractivity contribution is 0.140. The number of nitrogens with zero attached hydrogens (tertiary/aromatic N) is 1. The average Bonchev–Trinajstić information content (AvgIpc) is 2.63. The van der Waals surface area contributed by atoms with Crippen molar-refractivity contribution in [1.29, 1.82) is 0 Å². The summed E-state index contributed by atoms with van der Waals surface area (Å²) < 4.78 is 5.06. The smallest absolute Gasteiger partial charge is 0.428 e. The molecule has 0 saturated heterocycles. The first-order valence-electron chi connectivity index (χ1n) is 7.44. The monoisotopic (exact) mass is 320 g/mol. The molecule has 120 valence electrons. The van der Waals surface area contributed by atoms with Gasteiger partial charge in [0.15, 0.2) is 0 Å². The number of carbonyl (C=O) groups excluding carboxylic acids is 1. The molecule has 24 heavy (non-hydrogen) atoms. The molecule has 0 heterocycles. The fraction of sp³-hybridized carbons (Fsp3) is 0.0526. The standard InChI is InChI=1S/C19H16N2O3/c22-18-11-10-15-8-4-5-9-16(15)17(18)12-20-21-19(23)24-13-14-6-2-1-3-7-14/h1-12,22H,13H2,(H,21,23)/b20-12+. The highest BCUT2D eigenvalue weighted by atomic mass is 16.5. The van der Waals surface area contributed by atoms with Crippen LogP contribution in [0.25, 0.3) is 10.8 Å². The Morgan fingerprint density at radius 1 is 1.04 bits per heavy atom. The molecule has 3 rings (SSSR count). The van der Waals surface area contributed by atoms with Gasteiger partial charge in [-0.2, -0.15) is 5.10 Å². The van der Waals surface area contributed by atoms with Gasteiger partial charge in [0.25, 0.3) is 0 Å². The van der Waals surface area contributed by atoms with Crippen molar-refractivity contribution in [3.8, 4) is 5.75 Å². The molecule has 5 heteroatoms. The Hall–Kier alpha value is -3.34. The largest absolute Gasteiger partial charge is 0.507 e. The van der Waals surface area contributed by atoms with Crippen LogP contribution in [-0.2, 0) is 11.3 Å². The van der Waals surface area contributed by atoms with Gasteiger partial charge in [-0.05, 0) is 22.4 Å². The minimum atomic E-state index is -0.658. The van der Waals surface area contributed by atoms with Crippen molar-refractivity contribution in [2.75, 3.05) is 0 Å². The zero-order chi connectivity index (χ0) is 16.8. The summed E-state index contributed by atoms with van der Waals surface area (Å²) in [7, 11) is 0. The molecular weight excluding hydrogens is 304 g/mol. The number of aromatic hydroxyl groups is 1. The maximum Gasteiger partial charge on any atom is 0.428 e. The van der Waals surface area contributed by atoms with E-state index < -0.39 is 6.09 Å². The Labute approximate surface area is 139 Å². The number of nitrogens with one attached hydrogen (secondary N) is 1. The zero-order valence-electron chi connectivity index (χ0n) is 12.8. The lowest BCUT2D eigenvalue weighted by Gasteiger charge is -2.05. The fourth-order valence-electron chi connectivity index (χ4n) is 2.32. The normalized spacial score (nSPS) is 10.8. The van der Waals surface area contributed by atoms with E-state index in [1.807, 2.05) is 60.7 Å². The number of phenolic OH excluding ortho intramolecular Hbond substituents is 1. The van der Waals surface area contributed by atoms with Gasteiger partial charge in [0.05, 0.1) is 6.21 Å². The highest BCUT2D eigenvalue weighted by Crippen LogP contribution is 2.25. The van der Waals surface area contributed by atoms with Crippen LogP contribution in [0.4, 0.5) is 4.79 Å². The highest BCUT2D eigenvalue weighted by Gasteiger charge is 2.05. The Kier molecular flexibility index (Phi) is 4.72. The van der Waals surface area contributed by atoms with Crippen LogP contribution in [0, 0.1) is 0 Å². The first-order valence-corrected chi connectivity index (χ1v) is 7.44. The molecule has 1 amide bonds. The maximum atomic E-state index is 11.6. The lowest BCUT2D eigenvalue weighted by Crippen LogP contribution is -2.18. The van der Waals surface area contributed by atoms with Crippen LogP contribution in [0.2, 0.25) is 0 Å². The van der Waals surface area contributed by atoms with Crippen LogP contribution in [0.1, 0.15) is 11.1 Å². The number of rotatable bonds is 4. The summed E-state index contributed by atoms with van der Waals surface area (Å²) in [5, 5.41) is 15.7. The van der Waals surface area contributed by atoms with Gasteiger partial charge in [-0.25, -0.2) is 10.2 Å². The number of hydrazone groups is 1. The van der Waals surface area contributed by atoms with E-state index in [1.54, 1.807) is 6.07 Å². The number of fused-ring (bicyclic) bond motifs is 1. The zero-order valence-corrected chi connectivity index (χ0v) is 12.8. The molecule has 0 unspecified atom stereocenters. The second kappa shape index (κ2) is 7.28. The third-order valence-electron chi connectivity index (χ3n) is 3.51. The molecule has 2 N–H and O–H groups in total. The molecule has 0 aliphatic heterocycles. The summed E-state index contributed by atoms with van der Waals surface area (Å²) in [5.74, 6) is 0.0944. The van der Waals surface area contributed by atoms with E-state index in [-0.39, 0.29) is 12.4 Å². The first kappa shape index (κ1) is 15.6. The molecular formula is C19H16N2O3. The molecule has 3 aromatic carbocycles. The number of benzene rings is 3. The van der Waals surface area contributed by atoms with Crippen LogP contribution >= 0.6 is 0 Å². The van der Waals surface area contributed by atoms with Crippen molar-refractivity contribution in [2.45, 2.75) is 6.61 Å². The Morgan fingerprint density at radius 3 is 2.62 bits per heavy atom. The summed E-state index contributed by atoms with van der Waals surface area (Å²) in [6.07, 6.45) is 0.747. The van der Waals surface area contributed by atoms with Gasteiger partial charge in [-0.15, -0.1) is 0 Å². The molecule has 0 bridgehead atoms. The van der Waals surface area contributed by atoms with Crippen molar-refractivity contribution < 1.29 is 14.6 Å². The second-order valence-electron chi connectivity index (χ2n) is 5.15. The van der Waals surface area contributed by atoms with Gasteiger partial charge in [0.2, 0.25) is 0 Å². The Bertz CT molecular complexity index is 876. The van der Waals surface area contributed by atoms with Crippen LogP contribution < -0.4 is 5.43 Å². The highest BCUT2D eigenvalue weighted by molar-refractivity contribution is 6.02. The minimum Gasteiger partial charge on any atom is -0.507 e. The lowest BCUT2D eigenvalue weighted by atomic mass is 10.0. The Morgan fingerprint density at radius 2 is 1.79 bits per heavy atom. The van der Waals surface area contributed by atoms with Crippen LogP contribution in [0.5, 0.6) is 5.75 Å². The van der Waals surface area contributed by atoms with E-state index >= 15 is 0 Å². The molecule has 0 aromatic heterocycles. The summed E-state index contributed by atoms with van der Waals surface area (Å²) in [6, 6.07) is 20.4. The van der Waals surface area contributed by atoms with Crippen LogP contribution in [0.3, 0.4) is 0 Å². The van der Waals surface area contributed by atoms with Crippen molar-refractivity contribution in [1.82, 2.24) is 5.43 Å². The number of hydrogen-bond donors (Lipinski definition) is 2. The second-order valence-corrected chi connectivity index (χ2v) is 5.15. The van der Waals surface area contributed by atoms with Crippen molar-refractivity contribution in [2.24, 2.45) is 5.10 Å². The van der Waals surface area contributed by atoms with E-state index in [0.29, 0.717) is 5.56 Å². The minimum absolute atomic E-state index is 0.0944. The van der Waals surface area contributed by atoms with Gasteiger partial charge in [-0.3, -0.25) is 0 Å². The molecule has 0 saturated carbocycles. The number of amides is 1. The van der Waals surface area contributed by atoms with Crippen molar-refractivity contribution >= 4 is 23.1 Å². The maximum absolute atomic E-state index is 11.6. The number of hydrogen-bond acceptors (Lipinski definition) is 4. The van der Waals surface area contributed by atoms with E-state index in [4.69, 9.17) is 4.74 Å². The molecule has 0 spiro atoms. The summed E-state index contributed by atoms with van der Waals surface area (Å²) in [4.78, 5) is 11.6. The molecule has 0 aliphatic rings. The quantitative estimate of drug-likeness (QED) is 0.567. The van der Waals surface area contributed by atoms with E-state index in [2.05, 4.69) is 10.5 Å². The van der Waals surface area contributed by atoms with E-state index in [1.165, 1.54) is 6.21 Å². The van der Waals surface area contributed by atoms with Crippen molar-refractivity contribution in [3.63, 3.8) is 0 Å². The molecule has 0 atom stereocenters. The summed E-state index contributed by atoms with van der Waals surface area (Å²) >= 11 is 0. The molecule has 0 radical (unpaired) electrons. The van der Waals surface area contributed by atoms with Gasteiger partial charge in [0.1, 0.15) is 12.4 Å². The van der Waals surface area contributed by atoms with E-state index in [0.717, 1.165) is 16.3 Å². The predicted molar refractivity (Wildman–Crippen MR) is 93.0 cm³/mol. The Balaban J connectivity index is 1.64. The van der Waals surface area contributed by atoms with E-state index in [9.17, 15) is 9.90 Å². The SMILES string of the molecule is O=C(N/N=C/c1c(O)ccc2ccccc12)OCc1ccccc1. The summed E-state index contributed by atoms with van der Waals surface area (Å²) in [5.41, 5.74) is 3.72. The summed E-state index contributed by atoms with van der Waals surface area (Å²) in [6.45, 7) is 0.168. The van der Waals surface area contributed by atoms with Crippen LogP contribution in [0.15, 0.2) is 71.8 Å². The number of ether oxygens (including phenoxy) is 1. The van der Waals surface area contributed by atoms with Gasteiger partial charge < -0.3 is 9.84 Å². The first-order chi connectivity index (χ1) is 11.7. The third kappa shape index (κ3) is 3.70. The van der Waals surface area contributed by atoms with Gasteiger partial charge in [0, 0.05) is 5.56 Å². The number of phenols is 1. The molecule has 3 aromatic rings. The average molecular weight is 320 g/mol. The number of carbonyl (C=O) groups is 1. The van der Waals surface area contributed by atoms with Crippen molar-refractivity contribution in [3.05, 3.63) is 77.9 Å². The van der Waals surface area contributed by atoms with Gasteiger partial charge in [-0.1, -0.05) is 60.7 Å². The molecule has 5 nitrogen and oxygen atoms in total. The molecule has 0 fully saturated rings. The van der Waals surface area contributed by atoms with Crippen LogP contribution in [-0.4, -0.2) is 17.4 Å². The predicted octanol–water partition coefficient (Wildman–Crippen LogP) is 3.81.